The van der Waals surface area contributed by atoms with Crippen molar-refractivity contribution in [1.82, 2.24) is 9.21 Å². The van der Waals surface area contributed by atoms with Gasteiger partial charge in [-0.1, -0.05) is 6.07 Å². The van der Waals surface area contributed by atoms with Crippen molar-refractivity contribution in [2.24, 2.45) is 5.92 Å². The molecular formula is C22H21F2N3O6S. The smallest absolute Gasteiger partial charge is 0.249 e. The first-order chi connectivity index (χ1) is 16.3. The van der Waals surface area contributed by atoms with Gasteiger partial charge in [0.1, 0.15) is 11.6 Å². The maximum Gasteiger partial charge on any atom is 0.249 e. The summed E-state index contributed by atoms with van der Waals surface area (Å²) in [7, 11) is -4.39. The van der Waals surface area contributed by atoms with Crippen LogP contribution in [-0.2, 0) is 19.6 Å². The summed E-state index contributed by atoms with van der Waals surface area (Å²) >= 11 is 0. The first-order valence-corrected chi connectivity index (χ1v) is 12.1. The van der Waals surface area contributed by atoms with Crippen LogP contribution in [0.1, 0.15) is 6.42 Å². The molecule has 2 amide bonds. The lowest BCUT2D eigenvalue weighted by atomic mass is 10.1. The summed E-state index contributed by atoms with van der Waals surface area (Å²) in [6.45, 7) is 0.212. The molecule has 0 aliphatic carbocycles. The number of carbonyl (C=O) groups is 2. The van der Waals surface area contributed by atoms with Crippen molar-refractivity contribution in [3.8, 4) is 11.5 Å². The second-order valence-electron chi connectivity index (χ2n) is 8.22. The Morgan fingerprint density at radius 1 is 0.971 bits per heavy atom. The number of halogens is 2. The molecule has 3 aliphatic heterocycles. The average molecular weight is 493 g/mol. The number of ether oxygens (including phenoxy) is 2. The molecule has 3 heterocycles. The molecule has 0 radical (unpaired) electrons. The van der Waals surface area contributed by atoms with Gasteiger partial charge in [0.05, 0.1) is 5.92 Å². The summed E-state index contributed by atoms with van der Waals surface area (Å²) in [5.74, 6) is -2.24. The van der Waals surface area contributed by atoms with Crippen molar-refractivity contribution in [3.63, 3.8) is 0 Å². The summed E-state index contributed by atoms with van der Waals surface area (Å²) in [6.07, 6.45) is 0.0340. The van der Waals surface area contributed by atoms with Crippen molar-refractivity contribution >= 4 is 27.5 Å². The van der Waals surface area contributed by atoms with E-state index in [-0.39, 0.29) is 57.8 Å². The normalized spacial score (nSPS) is 20.8. The number of anilines is 1. The maximum absolute atomic E-state index is 14.0. The molecule has 34 heavy (non-hydrogen) atoms. The van der Waals surface area contributed by atoms with Crippen molar-refractivity contribution in [2.45, 2.75) is 11.3 Å². The molecule has 2 saturated heterocycles. The standard InChI is InChI=1S/C22H21F2N3O6S/c23-16-2-1-3-17(24)21(16)34(30,31)26-8-6-25(7-9-26)22(29)14-10-20(28)27(12-14)15-4-5-18-19(11-15)33-13-32-18/h1-5,11,14H,6-10,12-13H2. The number of amides is 2. The monoisotopic (exact) mass is 493 g/mol. The van der Waals surface area contributed by atoms with E-state index in [0.29, 0.717) is 17.2 Å². The van der Waals surface area contributed by atoms with Crippen LogP contribution >= 0.6 is 0 Å². The minimum Gasteiger partial charge on any atom is -0.454 e. The molecule has 2 aromatic carbocycles. The fourth-order valence-corrected chi connectivity index (χ4v) is 5.97. The average Bonchev–Trinajstić information content (AvgIpc) is 3.44. The van der Waals surface area contributed by atoms with Crippen LogP contribution in [0.25, 0.3) is 0 Å². The van der Waals surface area contributed by atoms with Gasteiger partial charge in [0.2, 0.25) is 28.6 Å². The predicted molar refractivity (Wildman–Crippen MR) is 115 cm³/mol. The fraction of sp³-hybridized carbons (Fsp3) is 0.364. The van der Waals surface area contributed by atoms with Gasteiger partial charge in [-0.05, 0) is 24.3 Å². The first kappa shape index (κ1) is 22.5. The molecule has 0 N–H and O–H groups in total. The van der Waals surface area contributed by atoms with Crippen molar-refractivity contribution in [1.29, 1.82) is 0 Å². The van der Waals surface area contributed by atoms with E-state index < -0.39 is 32.5 Å². The van der Waals surface area contributed by atoms with Gasteiger partial charge < -0.3 is 19.3 Å². The number of nitrogens with zero attached hydrogens (tertiary/aromatic N) is 3. The van der Waals surface area contributed by atoms with Crippen LogP contribution < -0.4 is 14.4 Å². The van der Waals surface area contributed by atoms with Crippen molar-refractivity contribution in [2.75, 3.05) is 44.4 Å². The van der Waals surface area contributed by atoms with Crippen LogP contribution in [0.5, 0.6) is 11.5 Å². The van der Waals surface area contributed by atoms with Gasteiger partial charge in [0.25, 0.3) is 0 Å². The van der Waals surface area contributed by atoms with E-state index in [0.717, 1.165) is 22.5 Å². The molecule has 0 bridgehead atoms. The van der Waals surface area contributed by atoms with Crippen molar-refractivity contribution < 1.29 is 36.3 Å². The summed E-state index contributed by atoms with van der Waals surface area (Å²) in [5, 5.41) is 0. The van der Waals surface area contributed by atoms with Crippen LogP contribution in [0.4, 0.5) is 14.5 Å². The van der Waals surface area contributed by atoms with Crippen LogP contribution in [0, 0.1) is 17.6 Å². The zero-order valence-corrected chi connectivity index (χ0v) is 18.8. The van der Waals surface area contributed by atoms with Gasteiger partial charge in [-0.25, -0.2) is 17.2 Å². The maximum atomic E-state index is 14.0. The molecule has 0 aromatic heterocycles. The Kier molecular flexibility index (Phi) is 5.64. The highest BCUT2D eigenvalue weighted by atomic mass is 32.2. The molecule has 3 aliphatic rings. The first-order valence-electron chi connectivity index (χ1n) is 10.7. The Morgan fingerprint density at radius 3 is 2.35 bits per heavy atom. The topological polar surface area (TPSA) is 96.5 Å². The number of fused-ring (bicyclic) bond motifs is 1. The number of hydrogen-bond acceptors (Lipinski definition) is 6. The van der Waals surface area contributed by atoms with Gasteiger partial charge >= 0.3 is 0 Å². The highest BCUT2D eigenvalue weighted by Gasteiger charge is 2.40. The minimum absolute atomic E-state index is 0.0340. The Balaban J connectivity index is 1.24. The lowest BCUT2D eigenvalue weighted by Crippen LogP contribution is -2.52. The van der Waals surface area contributed by atoms with E-state index in [9.17, 15) is 26.8 Å². The van der Waals surface area contributed by atoms with E-state index >= 15 is 0 Å². The third kappa shape index (κ3) is 3.86. The number of benzene rings is 2. The van der Waals surface area contributed by atoms with Gasteiger partial charge in [0, 0.05) is 50.9 Å². The molecule has 0 saturated carbocycles. The van der Waals surface area contributed by atoms with Gasteiger partial charge in [-0.2, -0.15) is 4.31 Å². The summed E-state index contributed by atoms with van der Waals surface area (Å²) in [4.78, 5) is 27.7. The second kappa shape index (κ2) is 8.51. The molecule has 1 unspecified atom stereocenters. The molecule has 5 rings (SSSR count). The number of hydrogen-bond donors (Lipinski definition) is 0. The number of piperazine rings is 1. The third-order valence-corrected chi connectivity index (χ3v) is 8.16. The van der Waals surface area contributed by atoms with Gasteiger partial charge in [0.15, 0.2) is 16.4 Å². The predicted octanol–water partition coefficient (Wildman–Crippen LogP) is 1.58. The van der Waals surface area contributed by atoms with Crippen LogP contribution in [-0.4, -0.2) is 69.0 Å². The second-order valence-corrected chi connectivity index (χ2v) is 10.1. The largest absolute Gasteiger partial charge is 0.454 e. The minimum atomic E-state index is -4.39. The lowest BCUT2D eigenvalue weighted by molar-refractivity contribution is -0.136. The summed E-state index contributed by atoms with van der Waals surface area (Å²) in [5.41, 5.74) is 0.604. The zero-order valence-electron chi connectivity index (χ0n) is 17.9. The molecule has 2 aromatic rings. The van der Waals surface area contributed by atoms with Crippen LogP contribution in [0.15, 0.2) is 41.3 Å². The summed E-state index contributed by atoms with van der Waals surface area (Å²) < 4.78 is 65.2. The Labute approximate surface area is 194 Å². The van der Waals surface area contributed by atoms with E-state index in [1.165, 1.54) is 9.80 Å². The Morgan fingerprint density at radius 2 is 1.65 bits per heavy atom. The highest BCUT2D eigenvalue weighted by Crippen LogP contribution is 2.37. The molecule has 1 atom stereocenters. The quantitative estimate of drug-likeness (QED) is 0.642. The highest BCUT2D eigenvalue weighted by molar-refractivity contribution is 7.89. The van der Waals surface area contributed by atoms with E-state index in [1.54, 1.807) is 18.2 Å². The fourth-order valence-electron chi connectivity index (χ4n) is 4.44. The molecular weight excluding hydrogens is 472 g/mol. The SMILES string of the molecule is O=C(C1CC(=O)N(c2ccc3c(c2)OCO3)C1)N1CCN(S(=O)(=O)c2c(F)cccc2F)CC1. The number of sulfonamides is 1. The molecule has 12 heteroatoms. The molecule has 180 valence electrons. The molecule has 2 fully saturated rings. The van der Waals surface area contributed by atoms with Crippen molar-refractivity contribution in [3.05, 3.63) is 48.0 Å². The van der Waals surface area contributed by atoms with Crippen LogP contribution in [0.2, 0.25) is 0 Å². The zero-order chi connectivity index (χ0) is 24.0. The van der Waals surface area contributed by atoms with Gasteiger partial charge in [-0.3, -0.25) is 9.59 Å². The summed E-state index contributed by atoms with van der Waals surface area (Å²) in [6, 6.07) is 7.99. The lowest BCUT2D eigenvalue weighted by Gasteiger charge is -2.35. The number of carbonyl (C=O) groups excluding carboxylic acids is 2. The number of rotatable bonds is 4. The third-order valence-electron chi connectivity index (χ3n) is 6.21. The van der Waals surface area contributed by atoms with Gasteiger partial charge in [-0.15, -0.1) is 0 Å². The van der Waals surface area contributed by atoms with E-state index in [1.807, 2.05) is 0 Å². The molecule has 9 nitrogen and oxygen atoms in total. The Bertz CT molecular complexity index is 1240. The Hall–Kier alpha value is -3.25. The van der Waals surface area contributed by atoms with E-state index in [2.05, 4.69) is 0 Å². The molecule has 0 spiro atoms. The van der Waals surface area contributed by atoms with Crippen LogP contribution in [0.3, 0.4) is 0 Å². The van der Waals surface area contributed by atoms with E-state index in [4.69, 9.17) is 9.47 Å².